The number of phenols is 1. The summed E-state index contributed by atoms with van der Waals surface area (Å²) in [4.78, 5) is 27.3. The molecule has 1 aliphatic rings. The van der Waals surface area contributed by atoms with Crippen LogP contribution in [0.2, 0.25) is 0 Å². The van der Waals surface area contributed by atoms with E-state index in [4.69, 9.17) is 5.11 Å². The van der Waals surface area contributed by atoms with Gasteiger partial charge in [0.1, 0.15) is 5.75 Å². The van der Waals surface area contributed by atoms with Gasteiger partial charge in [0.05, 0.1) is 12.3 Å². The molecule has 0 atom stereocenters. The predicted octanol–water partition coefficient (Wildman–Crippen LogP) is 3.57. The molecular weight excluding hydrogens is 362 g/mol. The average Bonchev–Trinajstić information content (AvgIpc) is 2.68. The molecule has 5 nitrogen and oxygen atoms in total. The SMILES string of the molecule is O=C1c2cccc3cccc(c23)C(=O)N1c1ccc(O)c(CSCCO)c1. The molecule has 0 unspecified atom stereocenters. The number of amides is 2. The molecule has 0 aromatic heterocycles. The third-order valence-corrected chi connectivity index (χ3v) is 5.57. The summed E-state index contributed by atoms with van der Waals surface area (Å²) in [6.45, 7) is 0.0506. The van der Waals surface area contributed by atoms with Crippen molar-refractivity contribution < 1.29 is 19.8 Å². The van der Waals surface area contributed by atoms with Crippen LogP contribution in [0.15, 0.2) is 54.6 Å². The summed E-state index contributed by atoms with van der Waals surface area (Å²) in [7, 11) is 0. The second-order valence-electron chi connectivity index (χ2n) is 6.24. The Labute approximate surface area is 160 Å². The summed E-state index contributed by atoms with van der Waals surface area (Å²) in [5.41, 5.74) is 2.02. The number of hydrogen-bond donors (Lipinski definition) is 2. The van der Waals surface area contributed by atoms with Gasteiger partial charge >= 0.3 is 0 Å². The molecule has 0 bridgehead atoms. The fourth-order valence-electron chi connectivity index (χ4n) is 3.34. The summed E-state index contributed by atoms with van der Waals surface area (Å²) >= 11 is 1.46. The highest BCUT2D eigenvalue weighted by atomic mass is 32.2. The second-order valence-corrected chi connectivity index (χ2v) is 7.35. The normalized spacial score (nSPS) is 13.4. The van der Waals surface area contributed by atoms with Crippen LogP contribution in [0.1, 0.15) is 26.3 Å². The molecule has 0 aliphatic carbocycles. The third-order valence-electron chi connectivity index (χ3n) is 4.59. The number of rotatable bonds is 5. The van der Waals surface area contributed by atoms with E-state index in [0.29, 0.717) is 39.3 Å². The molecule has 0 spiro atoms. The molecule has 6 heteroatoms. The summed E-state index contributed by atoms with van der Waals surface area (Å²) in [5, 5.41) is 20.6. The number of aromatic hydroxyl groups is 1. The molecular formula is C21H17NO4S. The second kappa shape index (κ2) is 7.06. The van der Waals surface area contributed by atoms with Crippen LogP contribution in [0, 0.1) is 0 Å². The first-order valence-electron chi connectivity index (χ1n) is 8.53. The minimum atomic E-state index is -0.371. The minimum absolute atomic E-state index is 0.0506. The van der Waals surface area contributed by atoms with Gasteiger partial charge in [0.15, 0.2) is 0 Å². The summed E-state index contributed by atoms with van der Waals surface area (Å²) in [6.07, 6.45) is 0. The number of nitrogens with zero attached hydrogens (tertiary/aromatic N) is 1. The van der Waals surface area contributed by atoms with E-state index in [-0.39, 0.29) is 24.2 Å². The van der Waals surface area contributed by atoms with E-state index in [1.54, 1.807) is 36.4 Å². The molecule has 4 rings (SSSR count). The fraction of sp³-hybridized carbons (Fsp3) is 0.143. The van der Waals surface area contributed by atoms with Crippen LogP contribution in [0.3, 0.4) is 0 Å². The maximum Gasteiger partial charge on any atom is 0.265 e. The highest BCUT2D eigenvalue weighted by molar-refractivity contribution is 7.98. The molecule has 1 aliphatic heterocycles. The Kier molecular flexibility index (Phi) is 4.59. The molecule has 1 heterocycles. The number of hydrogen-bond acceptors (Lipinski definition) is 5. The largest absolute Gasteiger partial charge is 0.508 e. The van der Waals surface area contributed by atoms with Crippen molar-refractivity contribution in [3.63, 3.8) is 0 Å². The maximum atomic E-state index is 13.1. The van der Waals surface area contributed by atoms with Gasteiger partial charge in [-0.2, -0.15) is 11.8 Å². The van der Waals surface area contributed by atoms with Crippen molar-refractivity contribution in [3.05, 3.63) is 71.3 Å². The van der Waals surface area contributed by atoms with E-state index in [0.717, 1.165) is 10.3 Å². The van der Waals surface area contributed by atoms with Gasteiger partial charge in [-0.3, -0.25) is 9.59 Å². The van der Waals surface area contributed by atoms with Crippen molar-refractivity contribution in [2.24, 2.45) is 0 Å². The molecule has 2 N–H and O–H groups in total. The lowest BCUT2D eigenvalue weighted by Gasteiger charge is -2.27. The average molecular weight is 379 g/mol. The number of imide groups is 1. The smallest absolute Gasteiger partial charge is 0.265 e. The maximum absolute atomic E-state index is 13.1. The van der Waals surface area contributed by atoms with Crippen molar-refractivity contribution in [1.29, 1.82) is 0 Å². The number of thioether (sulfide) groups is 1. The highest BCUT2D eigenvalue weighted by Crippen LogP contribution is 2.34. The first-order valence-corrected chi connectivity index (χ1v) is 9.68. The third kappa shape index (κ3) is 2.97. The number of carbonyl (C=O) groups excluding carboxylic acids is 2. The Morgan fingerprint density at radius 1 is 0.926 bits per heavy atom. The molecule has 3 aromatic rings. The van der Waals surface area contributed by atoms with Crippen LogP contribution in [0.4, 0.5) is 5.69 Å². The predicted molar refractivity (Wildman–Crippen MR) is 106 cm³/mol. The van der Waals surface area contributed by atoms with Crippen LogP contribution in [-0.2, 0) is 5.75 Å². The van der Waals surface area contributed by atoms with Crippen molar-refractivity contribution in [3.8, 4) is 5.75 Å². The molecule has 0 fully saturated rings. The Bertz CT molecular complexity index is 1010. The van der Waals surface area contributed by atoms with Crippen molar-refractivity contribution in [2.45, 2.75) is 5.75 Å². The molecule has 0 saturated heterocycles. The van der Waals surface area contributed by atoms with Gasteiger partial charge in [0, 0.05) is 33.6 Å². The number of aliphatic hydroxyl groups is 1. The fourth-order valence-corrected chi connectivity index (χ4v) is 4.06. The van der Waals surface area contributed by atoms with Gasteiger partial charge in [0.25, 0.3) is 11.8 Å². The van der Waals surface area contributed by atoms with Gasteiger partial charge in [0.2, 0.25) is 0 Å². The monoisotopic (exact) mass is 379 g/mol. The number of anilines is 1. The minimum Gasteiger partial charge on any atom is -0.508 e. The van der Waals surface area contributed by atoms with Gasteiger partial charge in [-0.25, -0.2) is 4.90 Å². The molecule has 136 valence electrons. The Hall–Kier alpha value is -2.83. The van der Waals surface area contributed by atoms with Crippen LogP contribution in [0.5, 0.6) is 5.75 Å². The van der Waals surface area contributed by atoms with Crippen molar-refractivity contribution >= 4 is 40.0 Å². The van der Waals surface area contributed by atoms with Crippen LogP contribution in [-0.4, -0.2) is 34.4 Å². The molecule has 0 saturated carbocycles. The van der Waals surface area contributed by atoms with E-state index < -0.39 is 0 Å². The molecule has 27 heavy (non-hydrogen) atoms. The van der Waals surface area contributed by atoms with Gasteiger partial charge in [-0.05, 0) is 35.7 Å². The standard InChI is InChI=1S/C21H17NO4S/c23-9-10-27-12-14-11-15(7-8-18(14)24)22-20(25)16-5-1-3-13-4-2-6-17(19(13)16)21(22)26/h1-8,11,23-24H,9-10,12H2. The van der Waals surface area contributed by atoms with Crippen LogP contribution >= 0.6 is 11.8 Å². The molecule has 3 aromatic carbocycles. The summed E-state index contributed by atoms with van der Waals surface area (Å²) in [5.74, 6) is 0.375. The first-order chi connectivity index (χ1) is 13.1. The van der Waals surface area contributed by atoms with Crippen LogP contribution in [0.25, 0.3) is 10.8 Å². The van der Waals surface area contributed by atoms with E-state index in [1.807, 2.05) is 12.1 Å². The Morgan fingerprint density at radius 3 is 2.22 bits per heavy atom. The summed E-state index contributed by atoms with van der Waals surface area (Å²) in [6, 6.07) is 15.6. The zero-order valence-electron chi connectivity index (χ0n) is 14.4. The lowest BCUT2D eigenvalue weighted by molar-refractivity contribution is 0.0893. The zero-order chi connectivity index (χ0) is 19.0. The lowest BCUT2D eigenvalue weighted by Crippen LogP contribution is -2.40. The zero-order valence-corrected chi connectivity index (χ0v) is 15.2. The van der Waals surface area contributed by atoms with Crippen molar-refractivity contribution in [2.75, 3.05) is 17.3 Å². The number of benzene rings is 3. The summed E-state index contributed by atoms with van der Waals surface area (Å²) < 4.78 is 0. The topological polar surface area (TPSA) is 77.8 Å². The number of aliphatic hydroxyl groups excluding tert-OH is 1. The van der Waals surface area contributed by atoms with E-state index >= 15 is 0 Å². The molecule has 0 radical (unpaired) electrons. The van der Waals surface area contributed by atoms with Gasteiger partial charge in [-0.1, -0.05) is 24.3 Å². The van der Waals surface area contributed by atoms with E-state index in [1.165, 1.54) is 17.8 Å². The highest BCUT2D eigenvalue weighted by Gasteiger charge is 2.34. The number of carbonyl (C=O) groups is 2. The Balaban J connectivity index is 1.78. The van der Waals surface area contributed by atoms with E-state index in [2.05, 4.69) is 0 Å². The van der Waals surface area contributed by atoms with Crippen molar-refractivity contribution in [1.82, 2.24) is 0 Å². The first kappa shape index (κ1) is 17.6. The molecule has 2 amide bonds. The van der Waals surface area contributed by atoms with Gasteiger partial charge < -0.3 is 10.2 Å². The lowest BCUT2D eigenvalue weighted by atomic mass is 9.93. The number of phenolic OH excluding ortho intramolecular Hbond substituents is 1. The van der Waals surface area contributed by atoms with Gasteiger partial charge in [-0.15, -0.1) is 0 Å². The van der Waals surface area contributed by atoms with Crippen LogP contribution < -0.4 is 4.90 Å². The van der Waals surface area contributed by atoms with E-state index in [9.17, 15) is 14.7 Å². The quantitative estimate of drug-likeness (QED) is 0.523. The Morgan fingerprint density at radius 2 is 1.59 bits per heavy atom.